The van der Waals surface area contributed by atoms with Crippen molar-refractivity contribution in [2.24, 2.45) is 0 Å². The Balaban J connectivity index is 4.65. The summed E-state index contributed by atoms with van der Waals surface area (Å²) in [5, 5.41) is 4.78. The van der Waals surface area contributed by atoms with Crippen LogP contribution in [0.4, 0.5) is 4.79 Å². The molecule has 0 saturated carbocycles. The van der Waals surface area contributed by atoms with Crippen LogP contribution in [0.1, 0.15) is 40.5 Å². The van der Waals surface area contributed by atoms with Gasteiger partial charge in [0.1, 0.15) is 17.7 Å². The van der Waals surface area contributed by atoms with Crippen LogP contribution in [0.15, 0.2) is 0 Å². The first-order valence-corrected chi connectivity index (χ1v) is 7.44. The zero-order valence-corrected chi connectivity index (χ0v) is 14.9. The standard InChI is InChI=1S/C15H26N2O7/c1-9(16-14(21)24-15(2,3)4)12(19)17-10(13(20)23-6)7-8-11(18)22-5/h9-10H,7-8H2,1-6H3,(H,16,21)(H,17,19)/t9-,10-/m0/s1. The van der Waals surface area contributed by atoms with Crippen molar-refractivity contribution in [1.29, 1.82) is 0 Å². The molecule has 0 aliphatic carbocycles. The van der Waals surface area contributed by atoms with Crippen LogP contribution in [0.3, 0.4) is 0 Å². The fourth-order valence-electron chi connectivity index (χ4n) is 1.60. The Morgan fingerprint density at radius 2 is 1.58 bits per heavy atom. The number of esters is 2. The van der Waals surface area contributed by atoms with Gasteiger partial charge in [0.05, 0.1) is 14.2 Å². The number of carbonyl (C=O) groups is 4. The Morgan fingerprint density at radius 1 is 1.00 bits per heavy atom. The highest BCUT2D eigenvalue weighted by atomic mass is 16.6. The molecule has 24 heavy (non-hydrogen) atoms. The summed E-state index contributed by atoms with van der Waals surface area (Å²) >= 11 is 0. The predicted octanol–water partition coefficient (Wildman–Crippen LogP) is 0.511. The van der Waals surface area contributed by atoms with E-state index in [-0.39, 0.29) is 12.8 Å². The number of ether oxygens (including phenoxy) is 3. The molecule has 2 atom stereocenters. The number of nitrogens with one attached hydrogen (secondary N) is 2. The minimum Gasteiger partial charge on any atom is -0.469 e. The van der Waals surface area contributed by atoms with Gasteiger partial charge in [0.15, 0.2) is 0 Å². The summed E-state index contributed by atoms with van der Waals surface area (Å²) in [7, 11) is 2.39. The van der Waals surface area contributed by atoms with Crippen molar-refractivity contribution >= 4 is 23.9 Å². The first-order chi connectivity index (χ1) is 11.0. The van der Waals surface area contributed by atoms with E-state index >= 15 is 0 Å². The van der Waals surface area contributed by atoms with E-state index in [4.69, 9.17) is 4.74 Å². The molecule has 0 rings (SSSR count). The molecule has 0 aromatic rings. The number of methoxy groups -OCH3 is 2. The van der Waals surface area contributed by atoms with E-state index in [1.54, 1.807) is 20.8 Å². The van der Waals surface area contributed by atoms with Gasteiger partial charge in [-0.25, -0.2) is 9.59 Å². The first-order valence-electron chi connectivity index (χ1n) is 7.44. The van der Waals surface area contributed by atoms with Gasteiger partial charge in [-0.05, 0) is 34.1 Å². The van der Waals surface area contributed by atoms with Gasteiger partial charge >= 0.3 is 18.0 Å². The summed E-state index contributed by atoms with van der Waals surface area (Å²) < 4.78 is 14.1. The second kappa shape index (κ2) is 9.74. The van der Waals surface area contributed by atoms with E-state index < -0.39 is 41.6 Å². The van der Waals surface area contributed by atoms with E-state index in [9.17, 15) is 19.2 Å². The van der Waals surface area contributed by atoms with Crippen molar-refractivity contribution in [3.05, 3.63) is 0 Å². The van der Waals surface area contributed by atoms with E-state index in [2.05, 4.69) is 20.1 Å². The second-order valence-electron chi connectivity index (χ2n) is 6.07. The molecule has 2 amide bonds. The number of hydrogen-bond acceptors (Lipinski definition) is 7. The summed E-state index contributed by atoms with van der Waals surface area (Å²) in [6.45, 7) is 6.51. The Hall–Kier alpha value is -2.32. The van der Waals surface area contributed by atoms with E-state index in [1.165, 1.54) is 21.1 Å². The van der Waals surface area contributed by atoms with E-state index in [0.717, 1.165) is 0 Å². The predicted molar refractivity (Wildman–Crippen MR) is 84.0 cm³/mol. The van der Waals surface area contributed by atoms with Crippen LogP contribution in [0.2, 0.25) is 0 Å². The highest BCUT2D eigenvalue weighted by Crippen LogP contribution is 2.07. The zero-order valence-electron chi connectivity index (χ0n) is 14.9. The lowest BCUT2D eigenvalue weighted by atomic mass is 10.1. The lowest BCUT2D eigenvalue weighted by molar-refractivity contribution is -0.146. The highest BCUT2D eigenvalue weighted by molar-refractivity contribution is 5.89. The summed E-state index contributed by atoms with van der Waals surface area (Å²) in [6, 6.07) is -1.96. The van der Waals surface area contributed by atoms with Crippen LogP contribution in [-0.4, -0.2) is 55.8 Å². The van der Waals surface area contributed by atoms with Crippen molar-refractivity contribution in [2.75, 3.05) is 14.2 Å². The number of alkyl carbamates (subject to hydrolysis) is 1. The highest BCUT2D eigenvalue weighted by Gasteiger charge is 2.26. The zero-order chi connectivity index (χ0) is 18.9. The first kappa shape index (κ1) is 21.7. The second-order valence-corrected chi connectivity index (χ2v) is 6.07. The largest absolute Gasteiger partial charge is 0.469 e. The van der Waals surface area contributed by atoms with Gasteiger partial charge < -0.3 is 24.8 Å². The summed E-state index contributed by atoms with van der Waals surface area (Å²) in [6.07, 6.45) is -0.802. The Kier molecular flexibility index (Phi) is 8.80. The molecule has 9 heteroatoms. The smallest absolute Gasteiger partial charge is 0.408 e. The van der Waals surface area contributed by atoms with Gasteiger partial charge in [-0.1, -0.05) is 0 Å². The third-order valence-corrected chi connectivity index (χ3v) is 2.79. The van der Waals surface area contributed by atoms with Gasteiger partial charge in [-0.15, -0.1) is 0 Å². The summed E-state index contributed by atoms with van der Waals surface area (Å²) in [5.74, 6) is -1.82. The molecule has 9 nitrogen and oxygen atoms in total. The summed E-state index contributed by atoms with van der Waals surface area (Å²) in [5.41, 5.74) is -0.699. The quantitative estimate of drug-likeness (QED) is 0.509. The fourth-order valence-corrected chi connectivity index (χ4v) is 1.60. The van der Waals surface area contributed by atoms with E-state index in [1.807, 2.05) is 0 Å². The van der Waals surface area contributed by atoms with Crippen LogP contribution in [0.25, 0.3) is 0 Å². The minimum absolute atomic E-state index is 0.0181. The molecule has 0 unspecified atom stereocenters. The molecule has 0 aromatic heterocycles. The van der Waals surface area contributed by atoms with Crippen LogP contribution in [0.5, 0.6) is 0 Å². The average molecular weight is 346 g/mol. The molecular weight excluding hydrogens is 320 g/mol. The average Bonchev–Trinajstić information content (AvgIpc) is 2.47. The Labute approximate surface area is 141 Å². The van der Waals surface area contributed by atoms with Gasteiger partial charge in [0.25, 0.3) is 0 Å². The van der Waals surface area contributed by atoms with Gasteiger partial charge in [-0.3, -0.25) is 9.59 Å². The topological polar surface area (TPSA) is 120 Å². The number of hydrogen-bond donors (Lipinski definition) is 2. The molecule has 0 aromatic carbocycles. The third-order valence-electron chi connectivity index (χ3n) is 2.79. The van der Waals surface area contributed by atoms with Crippen molar-refractivity contribution in [3.63, 3.8) is 0 Å². The third kappa shape index (κ3) is 8.96. The van der Waals surface area contributed by atoms with Crippen molar-refractivity contribution in [1.82, 2.24) is 10.6 Å². The maximum atomic E-state index is 12.1. The minimum atomic E-state index is -1.02. The van der Waals surface area contributed by atoms with Gasteiger partial charge in [0.2, 0.25) is 5.91 Å². The molecular formula is C15H26N2O7. The molecule has 0 radical (unpaired) electrons. The van der Waals surface area contributed by atoms with Crippen LogP contribution < -0.4 is 10.6 Å². The molecule has 0 bridgehead atoms. The van der Waals surface area contributed by atoms with Crippen molar-refractivity contribution in [3.8, 4) is 0 Å². The maximum Gasteiger partial charge on any atom is 0.408 e. The monoisotopic (exact) mass is 346 g/mol. The molecule has 0 spiro atoms. The molecule has 0 saturated heterocycles. The van der Waals surface area contributed by atoms with Crippen molar-refractivity contribution < 1.29 is 33.4 Å². The SMILES string of the molecule is COC(=O)CC[C@H](NC(=O)[C@H](C)NC(=O)OC(C)(C)C)C(=O)OC. The number of amides is 2. The van der Waals surface area contributed by atoms with Gasteiger partial charge in [0, 0.05) is 6.42 Å². The van der Waals surface area contributed by atoms with Crippen LogP contribution in [-0.2, 0) is 28.6 Å². The molecule has 0 fully saturated rings. The Morgan fingerprint density at radius 3 is 2.04 bits per heavy atom. The lowest BCUT2D eigenvalue weighted by Gasteiger charge is -2.23. The molecule has 0 aliphatic heterocycles. The number of rotatable bonds is 7. The number of carbonyl (C=O) groups excluding carboxylic acids is 4. The lowest BCUT2D eigenvalue weighted by Crippen LogP contribution is -2.51. The molecule has 0 aliphatic rings. The van der Waals surface area contributed by atoms with E-state index in [0.29, 0.717) is 0 Å². The summed E-state index contributed by atoms with van der Waals surface area (Å²) in [4.78, 5) is 46.6. The van der Waals surface area contributed by atoms with Gasteiger partial charge in [-0.2, -0.15) is 0 Å². The van der Waals surface area contributed by atoms with Crippen LogP contribution in [0, 0.1) is 0 Å². The molecule has 0 heterocycles. The normalized spacial score (nSPS) is 13.2. The molecule has 2 N–H and O–H groups in total. The molecule has 138 valence electrons. The Bertz CT molecular complexity index is 471. The van der Waals surface area contributed by atoms with Crippen LogP contribution >= 0.6 is 0 Å². The maximum absolute atomic E-state index is 12.1. The van der Waals surface area contributed by atoms with Crippen molar-refractivity contribution in [2.45, 2.75) is 58.2 Å². The fraction of sp³-hybridized carbons (Fsp3) is 0.733.